The molecule has 0 aliphatic heterocycles. The van der Waals surface area contributed by atoms with E-state index in [0.29, 0.717) is 5.56 Å². The fraction of sp³-hybridized carbons (Fsp3) is 0.318. The average Bonchev–Trinajstić information content (AvgIpc) is 2.73. The topological polar surface area (TPSA) is 142 Å². The highest BCUT2D eigenvalue weighted by Crippen LogP contribution is 2.10. The summed E-state index contributed by atoms with van der Waals surface area (Å²) in [5.41, 5.74) is 4.44. The Morgan fingerprint density at radius 2 is 1.78 bits per heavy atom. The predicted molar refractivity (Wildman–Crippen MR) is 119 cm³/mol. The van der Waals surface area contributed by atoms with E-state index in [1.165, 1.54) is 20.0 Å². The van der Waals surface area contributed by atoms with Crippen LogP contribution in [-0.2, 0) is 27.9 Å². The van der Waals surface area contributed by atoms with Crippen molar-refractivity contribution in [1.82, 2.24) is 14.5 Å². The van der Waals surface area contributed by atoms with Gasteiger partial charge in [-0.25, -0.2) is 9.59 Å². The van der Waals surface area contributed by atoms with Gasteiger partial charge in [-0.15, -0.1) is 0 Å². The number of carbonyl (C=O) groups excluding carboxylic acids is 3. The monoisotopic (exact) mass is 442 g/mol. The third-order valence-electron chi connectivity index (χ3n) is 4.39. The second-order valence-corrected chi connectivity index (χ2v) is 7.56. The van der Waals surface area contributed by atoms with Crippen LogP contribution in [0.4, 0.5) is 5.82 Å². The summed E-state index contributed by atoms with van der Waals surface area (Å²) in [6.07, 6.45) is 1.39. The number of hydrogen-bond acceptors (Lipinski definition) is 7. The Balaban J connectivity index is 2.31. The van der Waals surface area contributed by atoms with Crippen molar-refractivity contribution in [3.05, 3.63) is 68.0 Å². The molecule has 0 atom stereocenters. The minimum absolute atomic E-state index is 0.0246. The fourth-order valence-electron chi connectivity index (χ4n) is 2.92. The molecular weight excluding hydrogens is 416 g/mol. The van der Waals surface area contributed by atoms with Crippen LogP contribution in [0, 0.1) is 5.92 Å². The van der Waals surface area contributed by atoms with Gasteiger partial charge >= 0.3 is 11.7 Å². The van der Waals surface area contributed by atoms with Gasteiger partial charge in [0, 0.05) is 20.5 Å². The van der Waals surface area contributed by atoms with Gasteiger partial charge in [-0.1, -0.05) is 44.2 Å². The summed E-state index contributed by atoms with van der Waals surface area (Å²) in [6.45, 7) is 4.32. The number of ketones is 1. The number of nitrogens with two attached hydrogens (primary N) is 1. The van der Waals surface area contributed by atoms with Crippen molar-refractivity contribution in [3.63, 3.8) is 0 Å². The molecule has 0 unspecified atom stereocenters. The first-order valence-corrected chi connectivity index (χ1v) is 9.86. The lowest BCUT2D eigenvalue weighted by molar-refractivity contribution is -0.139. The zero-order chi connectivity index (χ0) is 24.0. The maximum absolute atomic E-state index is 12.7. The zero-order valence-corrected chi connectivity index (χ0v) is 18.4. The van der Waals surface area contributed by atoms with E-state index in [-0.39, 0.29) is 24.0 Å². The number of benzene rings is 1. The molecule has 1 aromatic carbocycles. The summed E-state index contributed by atoms with van der Waals surface area (Å²) in [6, 6.07) is 8.70. The largest absolute Gasteiger partial charge is 0.453 e. The van der Waals surface area contributed by atoms with Gasteiger partial charge < -0.3 is 15.8 Å². The molecule has 0 saturated carbocycles. The van der Waals surface area contributed by atoms with Crippen LogP contribution in [0.2, 0.25) is 0 Å². The second-order valence-electron chi connectivity index (χ2n) is 7.56. The van der Waals surface area contributed by atoms with Crippen LogP contribution in [0.5, 0.6) is 0 Å². The molecule has 32 heavy (non-hydrogen) atoms. The van der Waals surface area contributed by atoms with Gasteiger partial charge in [0.05, 0.1) is 0 Å². The van der Waals surface area contributed by atoms with E-state index in [0.717, 1.165) is 9.13 Å². The van der Waals surface area contributed by atoms with E-state index in [1.807, 2.05) is 13.8 Å². The standard InChI is InChI=1S/C22H26N4O6/c1-13(2)11-26-19(23)18(20(29)25(4)22(26)31)17(28)12-32-21(30)16(24-14(3)27)10-15-8-6-5-7-9-15/h5-10,13H,11-12,23H2,1-4H3,(H,24,27)/b16-10+. The lowest BCUT2D eigenvalue weighted by Gasteiger charge is -2.16. The summed E-state index contributed by atoms with van der Waals surface area (Å²) in [5.74, 6) is -2.60. The van der Waals surface area contributed by atoms with Gasteiger partial charge in [0.2, 0.25) is 11.7 Å². The number of nitrogens with one attached hydrogen (secondary N) is 1. The number of aromatic nitrogens is 2. The first kappa shape index (κ1) is 24.3. The molecule has 0 aliphatic rings. The lowest BCUT2D eigenvalue weighted by atomic mass is 10.1. The van der Waals surface area contributed by atoms with E-state index >= 15 is 0 Å². The zero-order valence-electron chi connectivity index (χ0n) is 18.4. The normalized spacial score (nSPS) is 11.3. The molecule has 0 spiro atoms. The average molecular weight is 442 g/mol. The Morgan fingerprint density at radius 3 is 2.34 bits per heavy atom. The van der Waals surface area contributed by atoms with Crippen LogP contribution in [0.25, 0.3) is 6.08 Å². The molecule has 0 radical (unpaired) electrons. The molecule has 10 nitrogen and oxygen atoms in total. The molecule has 0 fully saturated rings. The van der Waals surface area contributed by atoms with Crippen LogP contribution in [-0.4, -0.2) is 33.4 Å². The number of anilines is 1. The highest BCUT2D eigenvalue weighted by molar-refractivity contribution is 6.03. The molecule has 1 aromatic heterocycles. The van der Waals surface area contributed by atoms with E-state index in [2.05, 4.69) is 5.32 Å². The van der Waals surface area contributed by atoms with Gasteiger partial charge in [0.1, 0.15) is 17.1 Å². The summed E-state index contributed by atoms with van der Waals surface area (Å²) in [7, 11) is 1.24. The van der Waals surface area contributed by atoms with Gasteiger partial charge in [0.15, 0.2) is 6.61 Å². The van der Waals surface area contributed by atoms with E-state index in [4.69, 9.17) is 10.5 Å². The van der Waals surface area contributed by atoms with Crippen molar-refractivity contribution >= 4 is 29.6 Å². The lowest BCUT2D eigenvalue weighted by Crippen LogP contribution is -2.43. The van der Waals surface area contributed by atoms with Crippen molar-refractivity contribution in [2.75, 3.05) is 12.3 Å². The number of carbonyl (C=O) groups is 3. The number of rotatable bonds is 8. The fourth-order valence-corrected chi connectivity index (χ4v) is 2.92. The molecule has 170 valence electrons. The van der Waals surface area contributed by atoms with Crippen molar-refractivity contribution < 1.29 is 19.1 Å². The van der Waals surface area contributed by atoms with Crippen molar-refractivity contribution in [1.29, 1.82) is 0 Å². The number of Topliss-reactive ketones (excluding diaryl/α,β-unsaturated/α-hetero) is 1. The van der Waals surface area contributed by atoms with Gasteiger partial charge in [-0.2, -0.15) is 0 Å². The maximum atomic E-state index is 12.7. The number of esters is 1. The third-order valence-corrected chi connectivity index (χ3v) is 4.39. The third kappa shape index (κ3) is 5.81. The predicted octanol–water partition coefficient (Wildman–Crippen LogP) is 0.688. The Hall–Kier alpha value is -3.95. The van der Waals surface area contributed by atoms with Crippen LogP contribution < -0.4 is 22.3 Å². The molecule has 1 heterocycles. The number of ether oxygens (including phenoxy) is 1. The van der Waals surface area contributed by atoms with E-state index < -0.39 is 41.1 Å². The number of amides is 1. The molecule has 0 saturated heterocycles. The first-order chi connectivity index (χ1) is 15.0. The highest BCUT2D eigenvalue weighted by Gasteiger charge is 2.24. The molecule has 10 heteroatoms. The Morgan fingerprint density at radius 1 is 1.16 bits per heavy atom. The highest BCUT2D eigenvalue weighted by atomic mass is 16.5. The van der Waals surface area contributed by atoms with Crippen molar-refractivity contribution in [3.8, 4) is 0 Å². The van der Waals surface area contributed by atoms with Crippen LogP contribution >= 0.6 is 0 Å². The Kier molecular flexibility index (Phi) is 7.89. The maximum Gasteiger partial charge on any atom is 0.355 e. The molecule has 0 aliphatic carbocycles. The van der Waals surface area contributed by atoms with Crippen LogP contribution in [0.3, 0.4) is 0 Å². The van der Waals surface area contributed by atoms with Crippen molar-refractivity contribution in [2.45, 2.75) is 27.3 Å². The molecular formula is C22H26N4O6. The van der Waals surface area contributed by atoms with Gasteiger partial charge in [-0.05, 0) is 17.6 Å². The quantitative estimate of drug-likeness (QED) is 0.348. The summed E-state index contributed by atoms with van der Waals surface area (Å²) in [4.78, 5) is 61.5. The number of nitrogens with zero attached hydrogens (tertiary/aromatic N) is 2. The number of hydrogen-bond donors (Lipinski definition) is 2. The van der Waals surface area contributed by atoms with Crippen molar-refractivity contribution in [2.24, 2.45) is 13.0 Å². The van der Waals surface area contributed by atoms with Gasteiger partial charge in [-0.3, -0.25) is 23.5 Å². The minimum atomic E-state index is -0.969. The molecule has 3 N–H and O–H groups in total. The molecule has 2 aromatic rings. The summed E-state index contributed by atoms with van der Waals surface area (Å²) >= 11 is 0. The van der Waals surface area contributed by atoms with Crippen LogP contribution in [0.15, 0.2) is 45.6 Å². The number of nitrogen functional groups attached to an aromatic ring is 1. The molecule has 0 bridgehead atoms. The van der Waals surface area contributed by atoms with Gasteiger partial charge in [0.25, 0.3) is 5.56 Å². The van der Waals surface area contributed by atoms with Crippen LogP contribution in [0.1, 0.15) is 36.7 Å². The minimum Gasteiger partial charge on any atom is -0.453 e. The smallest absolute Gasteiger partial charge is 0.355 e. The van der Waals surface area contributed by atoms with E-state index in [1.54, 1.807) is 30.3 Å². The molecule has 2 rings (SSSR count). The first-order valence-electron chi connectivity index (χ1n) is 9.86. The summed E-state index contributed by atoms with van der Waals surface area (Å²) in [5, 5.41) is 2.36. The molecule has 1 amide bonds. The SMILES string of the molecule is CC(=O)N/C(=C/c1ccccc1)C(=O)OCC(=O)c1c(N)n(CC(C)C)c(=O)n(C)c1=O. The Bertz CT molecular complexity index is 1180. The van der Waals surface area contributed by atoms with E-state index in [9.17, 15) is 24.0 Å². The Labute approximate surface area is 184 Å². The second kappa shape index (κ2) is 10.4. The summed E-state index contributed by atoms with van der Waals surface area (Å²) < 4.78 is 6.95.